The number of carbonyl (C=O) groups is 2. The van der Waals surface area contributed by atoms with Crippen LogP contribution in [0.2, 0.25) is 0 Å². The number of carbonyl (C=O) groups excluding carboxylic acids is 1. The molecule has 0 saturated carbocycles. The smallest absolute Gasteiger partial charge is 0.439 e. The zero-order valence-corrected chi connectivity index (χ0v) is 22.4. The molecule has 3 aromatic rings. The number of allylic oxidation sites excluding steroid dienone is 1. The number of H-pyrrole nitrogens is 1. The average Bonchev–Trinajstić information content (AvgIpc) is 3.51. The number of likely N-dealkylation sites (N-methyl/N-ethyl adjacent to an activating group) is 1. The molecule has 208 valence electrons. The van der Waals surface area contributed by atoms with Crippen molar-refractivity contribution in [3.05, 3.63) is 82.8 Å². The van der Waals surface area contributed by atoms with Crippen molar-refractivity contribution in [2.45, 2.75) is 44.4 Å². The fourth-order valence-electron chi connectivity index (χ4n) is 5.60. The topological polar surface area (TPSA) is 148 Å². The van der Waals surface area contributed by atoms with Crippen LogP contribution in [0.15, 0.2) is 81.5 Å². The number of nitrogens with zero attached hydrogens (tertiary/aromatic N) is 5. The second-order valence-corrected chi connectivity index (χ2v) is 9.83. The van der Waals surface area contributed by atoms with E-state index in [1.165, 1.54) is 4.90 Å². The molecule has 1 amide bonds. The SMILES string of the molecule is CC[C@@]12CC=C(N(C=O)c3ccccn3)C=C1N([C@@H](C)C(=O)O)[C@H](CNc1ccc(-c3noc(=O)[nH]3)cc1)N2C. The van der Waals surface area contributed by atoms with Crippen LogP contribution < -0.4 is 16.0 Å². The van der Waals surface area contributed by atoms with Gasteiger partial charge in [0, 0.05) is 35.4 Å². The Hall–Kier alpha value is -4.71. The van der Waals surface area contributed by atoms with Crippen LogP contribution in [0.3, 0.4) is 0 Å². The minimum atomic E-state index is -0.940. The van der Waals surface area contributed by atoms with E-state index in [0.29, 0.717) is 35.9 Å². The summed E-state index contributed by atoms with van der Waals surface area (Å²) in [6.45, 7) is 4.20. The minimum absolute atomic E-state index is 0.295. The second-order valence-electron chi connectivity index (χ2n) is 9.83. The third kappa shape index (κ3) is 4.66. The highest BCUT2D eigenvalue weighted by molar-refractivity contribution is 5.80. The maximum absolute atomic E-state index is 12.3. The number of carboxylic acids is 1. The summed E-state index contributed by atoms with van der Waals surface area (Å²) in [4.78, 5) is 48.2. The summed E-state index contributed by atoms with van der Waals surface area (Å²) >= 11 is 0. The maximum atomic E-state index is 12.3. The number of hydrogen-bond acceptors (Lipinski definition) is 9. The van der Waals surface area contributed by atoms with Crippen LogP contribution in [0, 0.1) is 0 Å². The van der Waals surface area contributed by atoms with Gasteiger partial charge in [0.15, 0.2) is 5.82 Å². The number of rotatable bonds is 10. The van der Waals surface area contributed by atoms with Crippen molar-refractivity contribution < 1.29 is 19.2 Å². The lowest BCUT2D eigenvalue weighted by molar-refractivity contribution is -0.142. The summed E-state index contributed by atoms with van der Waals surface area (Å²) in [6.07, 6.45) is 7.33. The quantitative estimate of drug-likeness (QED) is 0.325. The van der Waals surface area contributed by atoms with Gasteiger partial charge >= 0.3 is 11.7 Å². The van der Waals surface area contributed by atoms with Gasteiger partial charge in [-0.2, -0.15) is 0 Å². The fraction of sp³-hybridized carbons (Fsp3) is 0.321. The van der Waals surface area contributed by atoms with Crippen LogP contribution in [-0.4, -0.2) is 73.7 Å². The van der Waals surface area contributed by atoms with Gasteiger partial charge in [0.1, 0.15) is 18.0 Å². The summed E-state index contributed by atoms with van der Waals surface area (Å²) < 4.78 is 4.58. The number of nitrogens with one attached hydrogen (secondary N) is 2. The molecule has 1 aliphatic carbocycles. The molecule has 40 heavy (non-hydrogen) atoms. The Kier molecular flexibility index (Phi) is 7.26. The normalized spacial score (nSPS) is 21.3. The number of aromatic nitrogens is 3. The molecule has 0 bridgehead atoms. The molecule has 3 heterocycles. The molecule has 3 N–H and O–H groups in total. The van der Waals surface area contributed by atoms with Crippen molar-refractivity contribution in [2.75, 3.05) is 23.8 Å². The predicted octanol–water partition coefficient (Wildman–Crippen LogP) is 2.87. The Morgan fingerprint density at radius 2 is 2.10 bits per heavy atom. The first-order valence-corrected chi connectivity index (χ1v) is 13.0. The Balaban J connectivity index is 1.45. The molecule has 5 rings (SSSR count). The first kappa shape index (κ1) is 26.9. The largest absolute Gasteiger partial charge is 0.480 e. The molecule has 0 radical (unpaired) electrons. The van der Waals surface area contributed by atoms with E-state index in [1.54, 1.807) is 25.3 Å². The van der Waals surface area contributed by atoms with Crippen molar-refractivity contribution in [2.24, 2.45) is 0 Å². The number of hydrogen-bond donors (Lipinski definition) is 3. The lowest BCUT2D eigenvalue weighted by Gasteiger charge is -2.39. The van der Waals surface area contributed by atoms with Gasteiger partial charge in [0.05, 0.1) is 5.54 Å². The van der Waals surface area contributed by atoms with E-state index in [9.17, 15) is 19.5 Å². The molecule has 2 aromatic heterocycles. The highest BCUT2D eigenvalue weighted by Gasteiger charge is 2.54. The van der Waals surface area contributed by atoms with E-state index in [0.717, 1.165) is 24.2 Å². The van der Waals surface area contributed by atoms with Gasteiger partial charge in [-0.05, 0) is 69.3 Å². The lowest BCUT2D eigenvalue weighted by Crippen LogP contribution is -2.50. The van der Waals surface area contributed by atoms with Gasteiger partial charge in [-0.3, -0.25) is 24.1 Å². The molecule has 3 atom stereocenters. The van der Waals surface area contributed by atoms with Crippen molar-refractivity contribution >= 4 is 23.9 Å². The number of pyridine rings is 1. The van der Waals surface area contributed by atoms with E-state index in [-0.39, 0.29) is 6.17 Å². The molecule has 0 spiro atoms. The van der Waals surface area contributed by atoms with Crippen molar-refractivity contribution in [3.8, 4) is 11.4 Å². The number of carboxylic acid groups (broad SMARTS) is 1. The first-order valence-electron chi connectivity index (χ1n) is 13.0. The molecular weight excluding hydrogens is 514 g/mol. The molecule has 1 aliphatic heterocycles. The van der Waals surface area contributed by atoms with E-state index in [2.05, 4.69) is 36.8 Å². The number of fused-ring (bicyclic) bond motifs is 1. The maximum Gasteiger partial charge on any atom is 0.439 e. The van der Waals surface area contributed by atoms with Gasteiger partial charge in [-0.1, -0.05) is 24.2 Å². The summed E-state index contributed by atoms with van der Waals surface area (Å²) in [5.74, 6) is -0.730. The lowest BCUT2D eigenvalue weighted by atomic mass is 9.83. The summed E-state index contributed by atoms with van der Waals surface area (Å²) in [5.41, 5.74) is 2.58. The number of aromatic amines is 1. The van der Waals surface area contributed by atoms with Crippen LogP contribution in [0.1, 0.15) is 26.7 Å². The Labute approximate surface area is 230 Å². The van der Waals surface area contributed by atoms with Crippen LogP contribution in [0.5, 0.6) is 0 Å². The molecule has 1 aromatic carbocycles. The van der Waals surface area contributed by atoms with E-state index >= 15 is 0 Å². The number of amides is 1. The van der Waals surface area contributed by atoms with Gasteiger partial charge in [0.25, 0.3) is 0 Å². The molecule has 0 unspecified atom stereocenters. The van der Waals surface area contributed by atoms with E-state index in [1.807, 2.05) is 54.4 Å². The summed E-state index contributed by atoms with van der Waals surface area (Å²) in [5, 5.41) is 17.2. The minimum Gasteiger partial charge on any atom is -0.480 e. The zero-order chi connectivity index (χ0) is 28.4. The molecule has 12 heteroatoms. The fourth-order valence-corrected chi connectivity index (χ4v) is 5.60. The standard InChI is InChI=1S/C28H31N7O5/c1-4-28-13-12-21(34(17-36)23-7-5-6-14-29-23)15-22(28)35(18(2)26(37)38)24(33(28)3)16-30-20-10-8-19(9-11-20)25-31-27(39)40-32-25/h5-12,14-15,17-18,24,30H,4,13,16H2,1-3H3,(H,37,38)(H,31,32,39)/t18-,24+,28+/m0/s1. The van der Waals surface area contributed by atoms with Crippen LogP contribution in [-0.2, 0) is 9.59 Å². The third-order valence-corrected chi connectivity index (χ3v) is 7.86. The molecule has 12 nitrogen and oxygen atoms in total. The van der Waals surface area contributed by atoms with Gasteiger partial charge in [-0.15, -0.1) is 0 Å². The monoisotopic (exact) mass is 545 g/mol. The average molecular weight is 546 g/mol. The van der Waals surface area contributed by atoms with Crippen molar-refractivity contribution in [3.63, 3.8) is 0 Å². The number of benzene rings is 1. The molecule has 2 aliphatic rings. The predicted molar refractivity (Wildman–Crippen MR) is 148 cm³/mol. The Morgan fingerprint density at radius 3 is 2.70 bits per heavy atom. The number of aliphatic carboxylic acids is 1. The molecule has 1 fully saturated rings. The summed E-state index contributed by atoms with van der Waals surface area (Å²) in [7, 11) is 2.01. The van der Waals surface area contributed by atoms with Gasteiger partial charge < -0.3 is 15.3 Å². The number of anilines is 2. The van der Waals surface area contributed by atoms with Crippen LogP contribution >= 0.6 is 0 Å². The van der Waals surface area contributed by atoms with Crippen molar-refractivity contribution in [1.82, 2.24) is 24.9 Å². The zero-order valence-electron chi connectivity index (χ0n) is 22.4. The van der Waals surface area contributed by atoms with Crippen LogP contribution in [0.25, 0.3) is 11.4 Å². The van der Waals surface area contributed by atoms with Gasteiger partial charge in [-0.25, -0.2) is 14.6 Å². The van der Waals surface area contributed by atoms with E-state index in [4.69, 9.17) is 0 Å². The first-order chi connectivity index (χ1) is 19.3. The molecule has 1 saturated heterocycles. The van der Waals surface area contributed by atoms with Crippen molar-refractivity contribution in [1.29, 1.82) is 0 Å². The Morgan fingerprint density at radius 1 is 1.32 bits per heavy atom. The second kappa shape index (κ2) is 10.8. The highest BCUT2D eigenvalue weighted by atomic mass is 16.5. The highest BCUT2D eigenvalue weighted by Crippen LogP contribution is 2.47. The van der Waals surface area contributed by atoms with E-state index < -0.39 is 23.3 Å². The summed E-state index contributed by atoms with van der Waals surface area (Å²) in [6, 6.07) is 11.9. The van der Waals surface area contributed by atoms with Gasteiger partial charge in [0.2, 0.25) is 6.41 Å². The third-order valence-electron chi connectivity index (χ3n) is 7.86. The van der Waals surface area contributed by atoms with Crippen LogP contribution in [0.4, 0.5) is 11.5 Å². The Bertz CT molecular complexity index is 1500. The molecular formula is C28H31N7O5.